The third-order valence-electron chi connectivity index (χ3n) is 12.0. The van der Waals surface area contributed by atoms with Crippen molar-refractivity contribution in [2.45, 2.75) is 67.9 Å². The van der Waals surface area contributed by atoms with Crippen molar-refractivity contribution in [3.63, 3.8) is 0 Å². The predicted octanol–water partition coefficient (Wildman–Crippen LogP) is 3.19. The fraction of sp³-hybridized carbons (Fsp3) is 0.486. The van der Waals surface area contributed by atoms with E-state index in [1.807, 2.05) is 24.9 Å². The second kappa shape index (κ2) is 11.5. The van der Waals surface area contributed by atoms with Crippen LogP contribution in [0.2, 0.25) is 0 Å². The lowest BCUT2D eigenvalue weighted by Gasteiger charge is -2.62. The van der Waals surface area contributed by atoms with Gasteiger partial charge in [-0.3, -0.25) is 15.1 Å². The molecule has 14 heteroatoms. The van der Waals surface area contributed by atoms with E-state index in [0.717, 1.165) is 16.7 Å². The summed E-state index contributed by atoms with van der Waals surface area (Å²) in [4.78, 5) is 18.7. The molecule has 2 unspecified atom stereocenters. The van der Waals surface area contributed by atoms with Gasteiger partial charge in [-0.25, -0.2) is 4.79 Å². The molecule has 0 amide bonds. The van der Waals surface area contributed by atoms with E-state index in [-0.39, 0.29) is 48.2 Å². The van der Waals surface area contributed by atoms with Crippen LogP contribution in [0.4, 0.5) is 0 Å². The maximum Gasteiger partial charge on any atom is 0.331 e. The number of likely N-dealkylation sites (N-methyl/N-ethyl adjacent to an activating group) is 1. The van der Waals surface area contributed by atoms with Crippen molar-refractivity contribution >= 4 is 17.7 Å². The summed E-state index contributed by atoms with van der Waals surface area (Å²) in [5.74, 6) is 1.32. The SMILES string of the molecule is COc1cc2c(cc1O)CCN[C@]21CS[C@@H]2c3c(O)c(C)c4c(c3[C@H](COC1=O)N1[C@@H]2C2c3c(cc(C)c(OC)c3O)CC([C@@H]1O)N2C)OCO4. The number of hydrogen-bond acceptors (Lipinski definition) is 14. The van der Waals surface area contributed by atoms with E-state index in [1.165, 1.54) is 18.9 Å². The van der Waals surface area contributed by atoms with E-state index in [2.05, 4.69) is 10.2 Å². The van der Waals surface area contributed by atoms with Crippen LogP contribution in [0.15, 0.2) is 18.2 Å². The van der Waals surface area contributed by atoms with Crippen molar-refractivity contribution < 1.29 is 48.9 Å². The summed E-state index contributed by atoms with van der Waals surface area (Å²) in [5.41, 5.74) is 4.38. The molecule has 7 atom stereocenters. The first-order valence-corrected chi connectivity index (χ1v) is 18.2. The van der Waals surface area contributed by atoms with Gasteiger partial charge in [-0.1, -0.05) is 6.07 Å². The van der Waals surface area contributed by atoms with Gasteiger partial charge in [0.05, 0.1) is 37.6 Å². The van der Waals surface area contributed by atoms with Crippen LogP contribution in [-0.4, -0.2) is 101 Å². The maximum absolute atomic E-state index is 14.6. The van der Waals surface area contributed by atoms with Gasteiger partial charge < -0.3 is 44.1 Å². The molecule has 0 aliphatic carbocycles. The van der Waals surface area contributed by atoms with Gasteiger partial charge in [-0.15, -0.1) is 11.8 Å². The topological polar surface area (TPSA) is 163 Å². The number of nitrogens with zero attached hydrogens (tertiary/aromatic N) is 2. The van der Waals surface area contributed by atoms with E-state index in [9.17, 15) is 25.2 Å². The first-order chi connectivity index (χ1) is 24.5. The monoisotopic (exact) mass is 719 g/mol. The molecule has 7 heterocycles. The molecule has 7 aliphatic heterocycles. The lowest BCUT2D eigenvalue weighted by Crippen LogP contribution is -2.70. The number of nitrogens with one attached hydrogen (secondary N) is 1. The predicted molar refractivity (Wildman–Crippen MR) is 185 cm³/mol. The number of aryl methyl sites for hydroxylation is 1. The van der Waals surface area contributed by atoms with Crippen molar-refractivity contribution in [1.29, 1.82) is 0 Å². The second-order valence-electron chi connectivity index (χ2n) is 14.4. The minimum Gasteiger partial charge on any atom is -0.507 e. The van der Waals surface area contributed by atoms with Gasteiger partial charge in [-0.2, -0.15) is 0 Å². The number of aliphatic hydroxyl groups is 1. The zero-order chi connectivity index (χ0) is 35.7. The molecule has 3 aromatic carbocycles. The van der Waals surface area contributed by atoms with Crippen LogP contribution in [0.25, 0.3) is 0 Å². The van der Waals surface area contributed by atoms with Crippen LogP contribution in [0.5, 0.6) is 40.2 Å². The van der Waals surface area contributed by atoms with E-state index >= 15 is 0 Å². The first kappa shape index (κ1) is 32.8. The Hall–Kier alpha value is -4.08. The van der Waals surface area contributed by atoms with Gasteiger partial charge in [0.1, 0.15) is 18.6 Å². The summed E-state index contributed by atoms with van der Waals surface area (Å²) >= 11 is 1.47. The number of aliphatic hydroxyl groups excluding tert-OH is 1. The number of aromatic hydroxyl groups is 3. The summed E-state index contributed by atoms with van der Waals surface area (Å²) in [5, 5.41) is 50.1. The standard InChI is InChI=1S/C37H41N3O10S/c1-15-8-18-9-20-35(44)40-21-12-48-36(45)37(19-11-23(46-4)22(41)10-17(19)6-7-38-37)13-51-34(26-25(21)33-32(49-14-50-33)16(2)29(26)42)28(40)27(39(20)3)24(18)30(43)31(15)47-5/h8,10-11,20-21,27-28,34-35,38,41-44H,6-7,9,12-14H2,1-5H3/t20?,21-,27?,28+,34+,35-,37+/m0/s1. The number of hydrogen-bond donors (Lipinski definition) is 5. The molecular weight excluding hydrogens is 678 g/mol. The third kappa shape index (κ3) is 4.28. The van der Waals surface area contributed by atoms with E-state index < -0.39 is 41.1 Å². The normalized spacial score (nSPS) is 30.6. The molecule has 270 valence electrons. The van der Waals surface area contributed by atoms with Gasteiger partial charge in [0.15, 0.2) is 40.0 Å². The van der Waals surface area contributed by atoms with Crippen LogP contribution < -0.4 is 24.3 Å². The number of piperazine rings is 1. The zero-order valence-electron chi connectivity index (χ0n) is 29.0. The Kier molecular flexibility index (Phi) is 7.37. The highest BCUT2D eigenvalue weighted by molar-refractivity contribution is 7.99. The Morgan fingerprint density at radius 2 is 1.76 bits per heavy atom. The number of rotatable bonds is 2. The number of esters is 1. The number of phenolic OH excluding ortho intramolecular Hbond substituents is 3. The molecule has 2 saturated heterocycles. The number of carbonyl (C=O) groups is 1. The lowest BCUT2D eigenvalue weighted by atomic mass is 9.73. The van der Waals surface area contributed by atoms with Crippen LogP contribution in [0, 0.1) is 13.8 Å². The summed E-state index contributed by atoms with van der Waals surface area (Å²) in [7, 11) is 4.97. The molecule has 7 aliphatic rings. The van der Waals surface area contributed by atoms with Gasteiger partial charge in [0.25, 0.3) is 0 Å². The molecule has 3 aromatic rings. The highest BCUT2D eigenvalue weighted by atomic mass is 32.2. The Bertz CT molecular complexity index is 2010. The van der Waals surface area contributed by atoms with E-state index in [0.29, 0.717) is 64.5 Å². The van der Waals surface area contributed by atoms with Crippen LogP contribution in [0.3, 0.4) is 0 Å². The number of methoxy groups -OCH3 is 2. The maximum atomic E-state index is 14.6. The number of benzene rings is 3. The highest BCUT2D eigenvalue weighted by Gasteiger charge is 2.61. The van der Waals surface area contributed by atoms with Crippen LogP contribution >= 0.6 is 11.8 Å². The summed E-state index contributed by atoms with van der Waals surface area (Å²) in [6.45, 7) is 3.96. The smallest absolute Gasteiger partial charge is 0.331 e. The number of carbonyl (C=O) groups excluding carboxylic acids is 1. The summed E-state index contributed by atoms with van der Waals surface area (Å²) in [6.07, 6.45) is 0.0426. The van der Waals surface area contributed by atoms with Crippen molar-refractivity contribution in [3.8, 4) is 40.2 Å². The molecule has 5 N–H and O–H groups in total. The molecule has 51 heavy (non-hydrogen) atoms. The second-order valence-corrected chi connectivity index (χ2v) is 15.5. The van der Waals surface area contributed by atoms with Gasteiger partial charge in [-0.05, 0) is 68.1 Å². The number of thioether (sulfide) groups is 1. The van der Waals surface area contributed by atoms with Crippen LogP contribution in [0.1, 0.15) is 61.8 Å². The number of ether oxygens (including phenoxy) is 5. The fourth-order valence-electron chi connectivity index (χ4n) is 9.74. The van der Waals surface area contributed by atoms with Crippen molar-refractivity contribution in [2.75, 3.05) is 47.0 Å². The van der Waals surface area contributed by atoms with E-state index in [1.54, 1.807) is 26.2 Å². The average Bonchev–Trinajstić information content (AvgIpc) is 3.60. The number of phenols is 3. The Morgan fingerprint density at radius 3 is 2.53 bits per heavy atom. The average molecular weight is 720 g/mol. The summed E-state index contributed by atoms with van der Waals surface area (Å²) < 4.78 is 29.5. The quantitative estimate of drug-likeness (QED) is 0.246. The molecule has 4 bridgehead atoms. The van der Waals surface area contributed by atoms with Crippen molar-refractivity contribution in [1.82, 2.24) is 15.1 Å². The van der Waals surface area contributed by atoms with Gasteiger partial charge in [0, 0.05) is 40.6 Å². The van der Waals surface area contributed by atoms with Crippen molar-refractivity contribution in [2.24, 2.45) is 0 Å². The molecule has 10 rings (SSSR count). The molecule has 0 radical (unpaired) electrons. The molecule has 13 nitrogen and oxygen atoms in total. The first-order valence-electron chi connectivity index (χ1n) is 17.2. The Balaban J connectivity index is 1.29. The third-order valence-corrected chi connectivity index (χ3v) is 13.5. The molecular formula is C37H41N3O10S. The number of fused-ring (bicyclic) bond motifs is 9. The largest absolute Gasteiger partial charge is 0.507 e. The van der Waals surface area contributed by atoms with E-state index in [4.69, 9.17) is 23.7 Å². The summed E-state index contributed by atoms with van der Waals surface area (Å²) in [6, 6.07) is 3.30. The highest BCUT2D eigenvalue weighted by Crippen LogP contribution is 2.64. The van der Waals surface area contributed by atoms with Crippen LogP contribution in [-0.2, 0) is 27.9 Å². The molecule has 0 aromatic heterocycles. The minimum absolute atomic E-state index is 0.00972. The molecule has 2 fully saturated rings. The minimum atomic E-state index is -1.32. The lowest BCUT2D eigenvalue weighted by molar-refractivity contribution is -0.186. The Labute approximate surface area is 299 Å². The zero-order valence-corrected chi connectivity index (χ0v) is 29.8. The van der Waals surface area contributed by atoms with Gasteiger partial charge in [0.2, 0.25) is 6.79 Å². The van der Waals surface area contributed by atoms with Crippen molar-refractivity contribution in [3.05, 3.63) is 62.7 Å². The molecule has 0 saturated carbocycles. The molecule has 1 spiro atoms. The Morgan fingerprint density at radius 1 is 0.980 bits per heavy atom. The van der Waals surface area contributed by atoms with Gasteiger partial charge >= 0.3 is 5.97 Å². The fourth-order valence-corrected chi connectivity index (χ4v) is 11.4.